The quantitative estimate of drug-likeness (QED) is 0.905. The van der Waals surface area contributed by atoms with E-state index < -0.39 is 11.6 Å². The van der Waals surface area contributed by atoms with Gasteiger partial charge in [-0.25, -0.2) is 4.39 Å². The number of amides is 2. The fraction of sp³-hybridized carbons (Fsp3) is 0.286. The van der Waals surface area contributed by atoms with Crippen LogP contribution >= 0.6 is 0 Å². The summed E-state index contributed by atoms with van der Waals surface area (Å²) < 4.78 is 15.0. The predicted octanol–water partition coefficient (Wildman–Crippen LogP) is 2.82. The average Bonchev–Trinajstić information content (AvgIpc) is 2.73. The summed E-state index contributed by atoms with van der Waals surface area (Å²) in [4.78, 5) is 26.3. The summed E-state index contributed by atoms with van der Waals surface area (Å²) in [6, 6.07) is 17.7. The standard InChI is InChI=1S/C21H20FN3O2/c22-21(20(27)24-15-17-4-2-1-3-5-17)10-12-25(13-11-21)19(26)18-8-6-16(14-23)7-9-18/h1-9H,10-13,15H2,(H,24,27). The van der Waals surface area contributed by atoms with Gasteiger partial charge in [-0.15, -0.1) is 0 Å². The molecule has 2 aromatic carbocycles. The first-order valence-corrected chi connectivity index (χ1v) is 8.82. The van der Waals surface area contributed by atoms with Crippen LogP contribution in [0.4, 0.5) is 4.39 Å². The summed E-state index contributed by atoms with van der Waals surface area (Å²) in [6.45, 7) is 0.626. The Morgan fingerprint density at radius 2 is 1.70 bits per heavy atom. The average molecular weight is 365 g/mol. The molecule has 0 saturated carbocycles. The van der Waals surface area contributed by atoms with Crippen molar-refractivity contribution in [3.63, 3.8) is 0 Å². The number of piperidine rings is 1. The number of hydrogen-bond donors (Lipinski definition) is 1. The van der Waals surface area contributed by atoms with Crippen LogP contribution in [0.2, 0.25) is 0 Å². The first-order valence-electron chi connectivity index (χ1n) is 8.82. The van der Waals surface area contributed by atoms with Gasteiger partial charge in [0, 0.05) is 38.0 Å². The van der Waals surface area contributed by atoms with Crippen molar-refractivity contribution in [3.05, 3.63) is 71.3 Å². The lowest BCUT2D eigenvalue weighted by Crippen LogP contribution is -2.52. The van der Waals surface area contributed by atoms with E-state index in [1.54, 1.807) is 29.2 Å². The molecule has 3 rings (SSSR count). The lowest BCUT2D eigenvalue weighted by molar-refractivity contribution is -0.135. The molecule has 0 radical (unpaired) electrons. The number of benzene rings is 2. The van der Waals surface area contributed by atoms with E-state index in [1.807, 2.05) is 36.4 Å². The largest absolute Gasteiger partial charge is 0.349 e. The molecule has 138 valence electrons. The molecule has 5 nitrogen and oxygen atoms in total. The summed E-state index contributed by atoms with van der Waals surface area (Å²) in [6.07, 6.45) is -0.0642. The summed E-state index contributed by atoms with van der Waals surface area (Å²) >= 11 is 0. The summed E-state index contributed by atoms with van der Waals surface area (Å²) in [5.74, 6) is -0.844. The molecule has 0 unspecified atom stereocenters. The molecule has 1 aliphatic heterocycles. The van der Waals surface area contributed by atoms with E-state index in [9.17, 15) is 9.59 Å². The smallest absolute Gasteiger partial charge is 0.258 e. The number of likely N-dealkylation sites (tertiary alicyclic amines) is 1. The van der Waals surface area contributed by atoms with E-state index in [4.69, 9.17) is 5.26 Å². The molecule has 2 amide bonds. The molecule has 0 spiro atoms. The topological polar surface area (TPSA) is 73.2 Å². The Morgan fingerprint density at radius 1 is 1.07 bits per heavy atom. The van der Waals surface area contributed by atoms with Crippen molar-refractivity contribution in [3.8, 4) is 6.07 Å². The van der Waals surface area contributed by atoms with E-state index in [1.165, 1.54) is 0 Å². The fourth-order valence-corrected chi connectivity index (χ4v) is 3.10. The van der Waals surface area contributed by atoms with Gasteiger partial charge < -0.3 is 10.2 Å². The molecule has 1 N–H and O–H groups in total. The van der Waals surface area contributed by atoms with Crippen LogP contribution in [0.5, 0.6) is 0 Å². The number of nitrogens with zero attached hydrogens (tertiary/aromatic N) is 2. The van der Waals surface area contributed by atoms with Crippen molar-refractivity contribution in [2.75, 3.05) is 13.1 Å². The number of halogens is 1. The normalized spacial score (nSPS) is 15.6. The van der Waals surface area contributed by atoms with Crippen LogP contribution < -0.4 is 5.32 Å². The first kappa shape index (κ1) is 18.6. The molecule has 1 aliphatic rings. The highest BCUT2D eigenvalue weighted by molar-refractivity contribution is 5.94. The van der Waals surface area contributed by atoms with Crippen LogP contribution in [0.25, 0.3) is 0 Å². The van der Waals surface area contributed by atoms with Crippen molar-refractivity contribution in [2.24, 2.45) is 0 Å². The second-order valence-electron chi connectivity index (χ2n) is 6.61. The van der Waals surface area contributed by atoms with Gasteiger partial charge >= 0.3 is 0 Å². The van der Waals surface area contributed by atoms with Gasteiger partial charge in [0.05, 0.1) is 11.6 Å². The third kappa shape index (κ3) is 4.32. The number of alkyl halides is 1. The zero-order valence-corrected chi connectivity index (χ0v) is 14.8. The summed E-state index contributed by atoms with van der Waals surface area (Å²) in [5.41, 5.74) is -0.129. The first-order chi connectivity index (χ1) is 13.0. The Labute approximate surface area is 157 Å². The van der Waals surface area contributed by atoms with Gasteiger partial charge in [-0.05, 0) is 29.8 Å². The lowest BCUT2D eigenvalue weighted by atomic mass is 9.91. The molecule has 0 aliphatic carbocycles. The lowest BCUT2D eigenvalue weighted by Gasteiger charge is -2.35. The maximum absolute atomic E-state index is 15.0. The SMILES string of the molecule is N#Cc1ccc(C(=O)N2CCC(F)(C(=O)NCc3ccccc3)CC2)cc1. The highest BCUT2D eigenvalue weighted by Gasteiger charge is 2.42. The number of carbonyl (C=O) groups is 2. The van der Waals surface area contributed by atoms with Crippen LogP contribution in [0.15, 0.2) is 54.6 Å². The molecule has 0 bridgehead atoms. The van der Waals surface area contributed by atoms with Gasteiger partial charge in [0.15, 0.2) is 5.67 Å². The van der Waals surface area contributed by atoms with E-state index in [2.05, 4.69) is 5.32 Å². The van der Waals surface area contributed by atoms with Gasteiger partial charge in [-0.2, -0.15) is 5.26 Å². The van der Waals surface area contributed by atoms with Crippen molar-refractivity contribution in [1.82, 2.24) is 10.2 Å². The molecule has 27 heavy (non-hydrogen) atoms. The Bertz CT molecular complexity index is 851. The predicted molar refractivity (Wildman–Crippen MR) is 98.4 cm³/mol. The van der Waals surface area contributed by atoms with Gasteiger partial charge in [0.2, 0.25) is 0 Å². The highest BCUT2D eigenvalue weighted by atomic mass is 19.1. The van der Waals surface area contributed by atoms with Gasteiger partial charge in [0.1, 0.15) is 0 Å². The maximum atomic E-state index is 15.0. The number of nitrogens with one attached hydrogen (secondary N) is 1. The van der Waals surface area contributed by atoms with Crippen molar-refractivity contribution in [2.45, 2.75) is 25.1 Å². The van der Waals surface area contributed by atoms with Gasteiger partial charge in [0.25, 0.3) is 11.8 Å². The molecular weight excluding hydrogens is 345 g/mol. The minimum Gasteiger partial charge on any atom is -0.349 e. The van der Waals surface area contributed by atoms with Crippen LogP contribution in [-0.2, 0) is 11.3 Å². The van der Waals surface area contributed by atoms with E-state index in [-0.39, 0.29) is 38.4 Å². The zero-order valence-electron chi connectivity index (χ0n) is 14.8. The minimum atomic E-state index is -1.96. The Hall–Kier alpha value is -3.20. The monoisotopic (exact) mass is 365 g/mol. The molecule has 2 aromatic rings. The van der Waals surface area contributed by atoms with E-state index in [0.29, 0.717) is 11.1 Å². The zero-order chi connectivity index (χ0) is 19.3. The van der Waals surface area contributed by atoms with Crippen molar-refractivity contribution in [1.29, 1.82) is 5.26 Å². The Kier molecular flexibility index (Phi) is 5.51. The summed E-state index contributed by atoms with van der Waals surface area (Å²) in [5, 5.41) is 11.5. The number of nitriles is 1. The van der Waals surface area contributed by atoms with E-state index in [0.717, 1.165) is 5.56 Å². The molecule has 6 heteroatoms. The molecule has 0 aromatic heterocycles. The molecule has 1 saturated heterocycles. The third-order valence-electron chi connectivity index (χ3n) is 4.81. The maximum Gasteiger partial charge on any atom is 0.258 e. The second kappa shape index (κ2) is 8.00. The Balaban J connectivity index is 1.55. The van der Waals surface area contributed by atoms with Crippen molar-refractivity contribution < 1.29 is 14.0 Å². The fourth-order valence-electron chi connectivity index (χ4n) is 3.10. The van der Waals surface area contributed by atoms with E-state index >= 15 is 4.39 Å². The molecular formula is C21H20FN3O2. The van der Waals surface area contributed by atoms with Gasteiger partial charge in [-0.1, -0.05) is 30.3 Å². The van der Waals surface area contributed by atoms with Crippen molar-refractivity contribution >= 4 is 11.8 Å². The highest BCUT2D eigenvalue weighted by Crippen LogP contribution is 2.28. The van der Waals surface area contributed by atoms with Gasteiger partial charge in [-0.3, -0.25) is 9.59 Å². The number of hydrogen-bond acceptors (Lipinski definition) is 3. The second-order valence-corrected chi connectivity index (χ2v) is 6.61. The molecule has 1 fully saturated rings. The summed E-state index contributed by atoms with van der Waals surface area (Å²) in [7, 11) is 0. The van der Waals surface area contributed by atoms with Crippen LogP contribution in [0, 0.1) is 11.3 Å². The minimum absolute atomic E-state index is 0.0321. The van der Waals surface area contributed by atoms with Crippen LogP contribution in [0.3, 0.4) is 0 Å². The number of carbonyl (C=O) groups excluding carboxylic acids is 2. The van der Waals surface area contributed by atoms with Crippen LogP contribution in [-0.4, -0.2) is 35.5 Å². The molecule has 0 atom stereocenters. The molecule has 1 heterocycles. The third-order valence-corrected chi connectivity index (χ3v) is 4.81. The Morgan fingerprint density at radius 3 is 2.30 bits per heavy atom. The number of rotatable bonds is 4. The van der Waals surface area contributed by atoms with Crippen LogP contribution in [0.1, 0.15) is 34.3 Å².